The van der Waals surface area contributed by atoms with Gasteiger partial charge in [0, 0.05) is 30.1 Å². The van der Waals surface area contributed by atoms with E-state index in [2.05, 4.69) is 25.3 Å². The monoisotopic (exact) mass is 533 g/mol. The summed E-state index contributed by atoms with van der Waals surface area (Å²) < 4.78 is 34.2. The van der Waals surface area contributed by atoms with Crippen LogP contribution in [0.2, 0.25) is 0 Å². The molecule has 0 radical (unpaired) electrons. The Hall–Kier alpha value is -4.09. The SMILES string of the molecule is COc1ccc(C(=O)Nc2ccc(-c3noc(C4CCCN4Cc4ccc(S(C)(=O)=O)cc4)n3)cn2)cc1. The second-order valence-corrected chi connectivity index (χ2v) is 11.1. The number of ether oxygens (including phenoxy) is 1. The summed E-state index contributed by atoms with van der Waals surface area (Å²) in [5, 5.41) is 6.92. The summed E-state index contributed by atoms with van der Waals surface area (Å²) in [6.07, 6.45) is 4.67. The first kappa shape index (κ1) is 25.6. The van der Waals surface area contributed by atoms with Gasteiger partial charge in [0.05, 0.1) is 18.0 Å². The summed E-state index contributed by atoms with van der Waals surface area (Å²) in [6.45, 7) is 1.52. The van der Waals surface area contributed by atoms with Gasteiger partial charge in [-0.2, -0.15) is 4.98 Å². The Balaban J connectivity index is 1.23. The van der Waals surface area contributed by atoms with Gasteiger partial charge in [-0.3, -0.25) is 9.69 Å². The topological polar surface area (TPSA) is 128 Å². The number of sulfone groups is 1. The zero-order valence-corrected chi connectivity index (χ0v) is 21.8. The lowest BCUT2D eigenvalue weighted by Gasteiger charge is -2.21. The maximum Gasteiger partial charge on any atom is 0.256 e. The van der Waals surface area contributed by atoms with Gasteiger partial charge in [0.2, 0.25) is 11.7 Å². The third-order valence-electron chi connectivity index (χ3n) is 6.44. The van der Waals surface area contributed by atoms with E-state index in [1.54, 1.807) is 61.8 Å². The number of nitrogens with one attached hydrogen (secondary N) is 1. The molecular weight excluding hydrogens is 506 g/mol. The van der Waals surface area contributed by atoms with Crippen LogP contribution in [0.3, 0.4) is 0 Å². The summed E-state index contributed by atoms with van der Waals surface area (Å²) in [5.41, 5.74) is 2.18. The van der Waals surface area contributed by atoms with Crippen molar-refractivity contribution < 1.29 is 22.5 Å². The molecule has 1 N–H and O–H groups in total. The number of benzene rings is 2. The molecule has 0 spiro atoms. The molecule has 0 aliphatic carbocycles. The molecule has 4 aromatic rings. The molecule has 0 bridgehead atoms. The minimum absolute atomic E-state index is 0.0261. The van der Waals surface area contributed by atoms with E-state index < -0.39 is 9.84 Å². The molecule has 2 aromatic heterocycles. The molecule has 5 rings (SSSR count). The van der Waals surface area contributed by atoms with Crippen molar-refractivity contribution in [2.24, 2.45) is 0 Å². The first-order chi connectivity index (χ1) is 18.3. The molecule has 2 aromatic carbocycles. The number of pyridine rings is 1. The van der Waals surface area contributed by atoms with Gasteiger partial charge in [0.25, 0.3) is 5.91 Å². The van der Waals surface area contributed by atoms with Crippen molar-refractivity contribution in [2.75, 3.05) is 25.2 Å². The number of hydrogen-bond acceptors (Lipinski definition) is 9. The quantitative estimate of drug-likeness (QED) is 0.355. The fraction of sp³-hybridized carbons (Fsp3) is 0.259. The Bertz CT molecular complexity index is 1520. The molecule has 1 atom stereocenters. The number of hydrogen-bond donors (Lipinski definition) is 1. The zero-order chi connectivity index (χ0) is 26.7. The Morgan fingerprint density at radius 3 is 2.53 bits per heavy atom. The van der Waals surface area contributed by atoms with E-state index in [0.717, 1.165) is 24.9 Å². The van der Waals surface area contributed by atoms with Gasteiger partial charge in [-0.05, 0) is 73.5 Å². The van der Waals surface area contributed by atoms with E-state index >= 15 is 0 Å². The third-order valence-corrected chi connectivity index (χ3v) is 7.57. The number of carbonyl (C=O) groups excluding carboxylic acids is 1. The largest absolute Gasteiger partial charge is 0.497 e. The highest BCUT2D eigenvalue weighted by Crippen LogP contribution is 2.33. The lowest BCUT2D eigenvalue weighted by atomic mass is 10.2. The number of carbonyl (C=O) groups is 1. The van der Waals surface area contributed by atoms with E-state index in [1.165, 1.54) is 6.26 Å². The van der Waals surface area contributed by atoms with Crippen LogP contribution in [0.1, 0.15) is 40.7 Å². The highest BCUT2D eigenvalue weighted by molar-refractivity contribution is 7.90. The van der Waals surface area contributed by atoms with Crippen molar-refractivity contribution in [2.45, 2.75) is 30.3 Å². The van der Waals surface area contributed by atoms with Crippen LogP contribution in [-0.4, -0.2) is 54.3 Å². The first-order valence-corrected chi connectivity index (χ1v) is 14.0. The molecule has 1 saturated heterocycles. The van der Waals surface area contributed by atoms with Gasteiger partial charge in [-0.1, -0.05) is 17.3 Å². The lowest BCUT2D eigenvalue weighted by molar-refractivity contribution is 0.102. The summed E-state index contributed by atoms with van der Waals surface area (Å²) in [7, 11) is -1.65. The number of likely N-dealkylation sites (tertiary alicyclic amines) is 1. The molecule has 11 heteroatoms. The highest BCUT2D eigenvalue weighted by atomic mass is 32.2. The predicted molar refractivity (Wildman–Crippen MR) is 140 cm³/mol. The van der Waals surface area contributed by atoms with Crippen LogP contribution in [-0.2, 0) is 16.4 Å². The van der Waals surface area contributed by atoms with Crippen LogP contribution < -0.4 is 10.1 Å². The van der Waals surface area contributed by atoms with Crippen molar-refractivity contribution in [1.29, 1.82) is 0 Å². The number of nitrogens with zero attached hydrogens (tertiary/aromatic N) is 4. The van der Waals surface area contributed by atoms with Crippen LogP contribution in [0.5, 0.6) is 5.75 Å². The zero-order valence-electron chi connectivity index (χ0n) is 21.0. The van der Waals surface area contributed by atoms with E-state index in [-0.39, 0.29) is 11.9 Å². The molecule has 1 fully saturated rings. The van der Waals surface area contributed by atoms with Gasteiger partial charge < -0.3 is 14.6 Å². The molecule has 1 aliphatic heterocycles. The lowest BCUT2D eigenvalue weighted by Crippen LogP contribution is -2.23. The Morgan fingerprint density at radius 1 is 1.11 bits per heavy atom. The number of methoxy groups -OCH3 is 1. The van der Waals surface area contributed by atoms with Crippen LogP contribution in [0.25, 0.3) is 11.4 Å². The summed E-state index contributed by atoms with van der Waals surface area (Å²) in [5.74, 6) is 1.75. The predicted octanol–water partition coefficient (Wildman–Crippen LogP) is 4.13. The molecule has 1 aliphatic rings. The standard InChI is InChI=1S/C27H27N5O5S/c1-36-21-10-7-19(8-11-21)26(33)29-24-14-9-20(16-28-24)25-30-27(37-31-25)23-4-3-15-32(23)17-18-5-12-22(13-6-18)38(2,34)35/h5-14,16,23H,3-4,15,17H2,1-2H3,(H,28,29,33). The average Bonchev–Trinajstić information content (AvgIpc) is 3.59. The fourth-order valence-corrected chi connectivity index (χ4v) is 5.02. The summed E-state index contributed by atoms with van der Waals surface area (Å²) in [4.78, 5) is 24.0. The third kappa shape index (κ3) is 5.74. The average molecular weight is 534 g/mol. The van der Waals surface area contributed by atoms with Gasteiger partial charge >= 0.3 is 0 Å². The van der Waals surface area contributed by atoms with E-state index in [1.807, 2.05) is 12.1 Å². The van der Waals surface area contributed by atoms with Gasteiger partial charge in [-0.25, -0.2) is 13.4 Å². The summed E-state index contributed by atoms with van der Waals surface area (Å²) in [6, 6.07) is 17.2. The van der Waals surface area contributed by atoms with E-state index in [9.17, 15) is 13.2 Å². The second kappa shape index (κ2) is 10.7. The van der Waals surface area contributed by atoms with Gasteiger partial charge in [-0.15, -0.1) is 0 Å². The van der Waals surface area contributed by atoms with E-state index in [0.29, 0.717) is 45.8 Å². The Labute approximate surface area is 220 Å². The minimum Gasteiger partial charge on any atom is -0.497 e. The molecule has 0 saturated carbocycles. The van der Waals surface area contributed by atoms with Gasteiger partial charge in [0.15, 0.2) is 9.84 Å². The van der Waals surface area contributed by atoms with Crippen LogP contribution in [0, 0.1) is 0 Å². The molecule has 1 unspecified atom stereocenters. The van der Waals surface area contributed by atoms with Gasteiger partial charge in [0.1, 0.15) is 11.6 Å². The molecule has 1 amide bonds. The molecule has 3 heterocycles. The van der Waals surface area contributed by atoms with Crippen molar-refractivity contribution >= 4 is 21.6 Å². The maximum absolute atomic E-state index is 12.5. The Kier molecular flexibility index (Phi) is 7.21. The van der Waals surface area contributed by atoms with Crippen molar-refractivity contribution in [1.82, 2.24) is 20.0 Å². The maximum atomic E-state index is 12.5. The first-order valence-electron chi connectivity index (χ1n) is 12.1. The van der Waals surface area contributed by atoms with Crippen LogP contribution in [0.15, 0.2) is 76.3 Å². The number of aromatic nitrogens is 3. The number of amides is 1. The molecule has 196 valence electrons. The van der Waals surface area contributed by atoms with Crippen LogP contribution >= 0.6 is 0 Å². The van der Waals surface area contributed by atoms with E-state index in [4.69, 9.17) is 9.26 Å². The number of rotatable bonds is 8. The van der Waals surface area contributed by atoms with Crippen molar-refractivity contribution in [3.63, 3.8) is 0 Å². The molecule has 10 nitrogen and oxygen atoms in total. The fourth-order valence-electron chi connectivity index (χ4n) is 4.39. The second-order valence-electron chi connectivity index (χ2n) is 9.12. The highest BCUT2D eigenvalue weighted by Gasteiger charge is 2.31. The minimum atomic E-state index is -3.23. The van der Waals surface area contributed by atoms with Crippen LogP contribution in [0.4, 0.5) is 5.82 Å². The normalized spacial score (nSPS) is 15.9. The summed E-state index contributed by atoms with van der Waals surface area (Å²) >= 11 is 0. The molecular formula is C27H27N5O5S. The Morgan fingerprint density at radius 2 is 1.87 bits per heavy atom. The number of anilines is 1. The van der Waals surface area contributed by atoms with Crippen molar-refractivity contribution in [3.05, 3.63) is 83.9 Å². The van der Waals surface area contributed by atoms with Crippen molar-refractivity contribution in [3.8, 4) is 17.1 Å². The smallest absolute Gasteiger partial charge is 0.256 e. The molecule has 38 heavy (non-hydrogen) atoms.